The maximum Gasteiger partial charge on any atom is 0.417 e. The Morgan fingerprint density at radius 2 is 1.95 bits per heavy atom. The van der Waals surface area contributed by atoms with Crippen LogP contribution in [0.15, 0.2) is 53.6 Å². The van der Waals surface area contributed by atoms with Gasteiger partial charge in [-0.25, -0.2) is 13.4 Å². The highest BCUT2D eigenvalue weighted by Crippen LogP contribution is 2.41. The molecule has 0 aliphatic carbocycles. The number of anilines is 1. The molecule has 9 nitrogen and oxygen atoms in total. The first-order valence-corrected chi connectivity index (χ1v) is 14.8. The molecule has 0 spiro atoms. The van der Waals surface area contributed by atoms with Crippen LogP contribution < -0.4 is 18.5 Å². The second kappa shape index (κ2) is 13.1. The lowest BCUT2D eigenvalue weighted by molar-refractivity contribution is -0.141. The zero-order valence-corrected chi connectivity index (χ0v) is 24.9. The minimum Gasteiger partial charge on any atom is -0.496 e. The van der Waals surface area contributed by atoms with Gasteiger partial charge in [-0.15, -0.1) is 0 Å². The fourth-order valence-electron chi connectivity index (χ4n) is 4.36. The van der Waals surface area contributed by atoms with Gasteiger partial charge in [0.15, 0.2) is 4.90 Å². The Hall–Kier alpha value is -3.97. The average molecular weight is 641 g/mol. The number of esters is 1. The topological polar surface area (TPSA) is 104 Å². The van der Waals surface area contributed by atoms with Gasteiger partial charge in [-0.2, -0.15) is 13.2 Å². The molecule has 2 heterocycles. The molecule has 14 heteroatoms. The van der Waals surface area contributed by atoms with Crippen LogP contribution in [0, 0.1) is 0 Å². The fourth-order valence-corrected chi connectivity index (χ4v) is 6.20. The summed E-state index contributed by atoms with van der Waals surface area (Å²) < 4.78 is 91.4. The van der Waals surface area contributed by atoms with E-state index < -0.39 is 44.6 Å². The monoisotopic (exact) mass is 640 g/mol. The first-order valence-electron chi connectivity index (χ1n) is 13.0. The molecule has 230 valence electrons. The number of pyridine rings is 1. The van der Waals surface area contributed by atoms with E-state index in [9.17, 15) is 26.4 Å². The predicted octanol–water partition coefficient (Wildman–Crippen LogP) is 6.24. The Labute approximate surface area is 251 Å². The maximum absolute atomic E-state index is 14.1. The van der Waals surface area contributed by atoms with Crippen LogP contribution in [0.1, 0.15) is 36.5 Å². The molecule has 0 saturated heterocycles. The van der Waals surface area contributed by atoms with Crippen LogP contribution in [-0.2, 0) is 25.7 Å². The van der Waals surface area contributed by atoms with Gasteiger partial charge in [-0.3, -0.25) is 9.10 Å². The third-order valence-electron chi connectivity index (χ3n) is 6.48. The summed E-state index contributed by atoms with van der Waals surface area (Å²) in [6, 6.07) is 10.4. The van der Waals surface area contributed by atoms with Crippen molar-refractivity contribution in [3.63, 3.8) is 0 Å². The number of aromatic nitrogens is 1. The zero-order chi connectivity index (χ0) is 31.4. The van der Waals surface area contributed by atoms with Gasteiger partial charge in [0.25, 0.3) is 10.0 Å². The molecule has 3 aromatic rings. The molecule has 0 N–H and O–H groups in total. The van der Waals surface area contributed by atoms with E-state index in [0.29, 0.717) is 34.2 Å². The van der Waals surface area contributed by atoms with Gasteiger partial charge in [-0.05, 0) is 55.3 Å². The van der Waals surface area contributed by atoms with E-state index in [1.807, 2.05) is 0 Å². The summed E-state index contributed by atoms with van der Waals surface area (Å²) in [4.78, 5) is 14.7. The molecule has 0 bridgehead atoms. The van der Waals surface area contributed by atoms with Gasteiger partial charge in [0.1, 0.15) is 17.6 Å². The Morgan fingerprint density at radius 1 is 1.19 bits per heavy atom. The average Bonchev–Trinajstić information content (AvgIpc) is 2.98. The molecule has 1 aromatic heterocycles. The number of hydrogen-bond acceptors (Lipinski definition) is 8. The van der Waals surface area contributed by atoms with Crippen LogP contribution in [-0.4, -0.2) is 52.8 Å². The number of rotatable bonds is 10. The van der Waals surface area contributed by atoms with Gasteiger partial charge in [0.05, 0.1) is 43.6 Å². The van der Waals surface area contributed by atoms with Crippen LogP contribution in [0.5, 0.6) is 17.4 Å². The van der Waals surface area contributed by atoms with Crippen LogP contribution in [0.25, 0.3) is 12.2 Å². The highest BCUT2D eigenvalue weighted by atomic mass is 35.5. The summed E-state index contributed by atoms with van der Waals surface area (Å²) in [7, 11) is -1.99. The third kappa shape index (κ3) is 7.16. The molecular weight excluding hydrogens is 613 g/mol. The van der Waals surface area contributed by atoms with E-state index in [-0.39, 0.29) is 37.4 Å². The van der Waals surface area contributed by atoms with Crippen molar-refractivity contribution in [1.29, 1.82) is 0 Å². The van der Waals surface area contributed by atoms with Crippen LogP contribution in [0.4, 0.5) is 18.9 Å². The number of carbonyl (C=O) groups excluding carboxylic acids is 1. The molecule has 2 aromatic carbocycles. The van der Waals surface area contributed by atoms with Crippen molar-refractivity contribution in [2.45, 2.75) is 36.9 Å². The maximum atomic E-state index is 14.1. The lowest BCUT2D eigenvalue weighted by atomic mass is 10.1. The van der Waals surface area contributed by atoms with E-state index >= 15 is 0 Å². The van der Waals surface area contributed by atoms with E-state index in [2.05, 4.69) is 9.72 Å². The van der Waals surface area contributed by atoms with E-state index in [1.54, 1.807) is 49.4 Å². The normalized spacial score (nSPS) is 15.1. The second-order valence-electron chi connectivity index (χ2n) is 9.27. The number of benzene rings is 2. The van der Waals surface area contributed by atoms with Crippen LogP contribution in [0.3, 0.4) is 0 Å². The Morgan fingerprint density at radius 3 is 2.63 bits per heavy atom. The number of sulfonamides is 1. The lowest BCUT2D eigenvalue weighted by Crippen LogP contribution is -2.44. The number of fused-ring (bicyclic) bond motifs is 1. The number of carbonyl (C=O) groups is 1. The highest BCUT2D eigenvalue weighted by Gasteiger charge is 2.39. The molecule has 1 atom stereocenters. The molecule has 4 rings (SSSR count). The third-order valence-corrected chi connectivity index (χ3v) is 8.59. The van der Waals surface area contributed by atoms with Gasteiger partial charge >= 0.3 is 12.1 Å². The highest BCUT2D eigenvalue weighted by molar-refractivity contribution is 7.93. The number of hydrogen-bond donors (Lipinski definition) is 0. The van der Waals surface area contributed by atoms with Gasteiger partial charge < -0.3 is 18.9 Å². The Balaban J connectivity index is 1.82. The fraction of sp³-hybridized carbons (Fsp3) is 0.310. The van der Waals surface area contributed by atoms with Gasteiger partial charge in [0, 0.05) is 18.2 Å². The minimum absolute atomic E-state index is 0.0389. The second-order valence-corrected chi connectivity index (χ2v) is 11.5. The molecule has 1 aliphatic rings. The molecule has 0 radical (unpaired) electrons. The van der Waals surface area contributed by atoms with Gasteiger partial charge in [-0.1, -0.05) is 29.8 Å². The molecule has 0 fully saturated rings. The predicted molar refractivity (Wildman–Crippen MR) is 154 cm³/mol. The standard InChI is InChI=1S/C29H28ClF3N2O7S/c1-4-41-28-26(15-19(16-34-28)29(31,32)33)43(37,38)35-17-20(10-13-27(36)40-3)42-25-12-9-18(14-23(25)35)8-11-21-22(30)6-5-7-24(21)39-2/h5-9,11-12,14-16,20H,4,10,13,17H2,1-3H3/b11-8+/t20-/m0/s1. The van der Waals surface area contributed by atoms with Crippen LogP contribution in [0.2, 0.25) is 5.02 Å². The van der Waals surface area contributed by atoms with Crippen molar-refractivity contribution in [3.8, 4) is 17.4 Å². The number of halogens is 4. The number of nitrogens with zero attached hydrogens (tertiary/aromatic N) is 2. The number of alkyl halides is 3. The molecule has 0 saturated carbocycles. The zero-order valence-electron chi connectivity index (χ0n) is 23.4. The smallest absolute Gasteiger partial charge is 0.417 e. The Bertz CT molecular complexity index is 1630. The quantitative estimate of drug-likeness (QED) is 0.189. The van der Waals surface area contributed by atoms with E-state index in [1.165, 1.54) is 20.3 Å². The first kappa shape index (κ1) is 32.0. The first-order chi connectivity index (χ1) is 20.4. The minimum atomic E-state index is -4.86. The van der Waals surface area contributed by atoms with Crippen molar-refractivity contribution < 1.29 is 45.3 Å². The number of methoxy groups -OCH3 is 2. The Kier molecular flexibility index (Phi) is 9.75. The molecular formula is C29H28ClF3N2O7S. The summed E-state index contributed by atoms with van der Waals surface area (Å²) >= 11 is 6.33. The van der Waals surface area contributed by atoms with E-state index in [4.69, 9.17) is 25.8 Å². The lowest BCUT2D eigenvalue weighted by Gasteiger charge is -2.36. The van der Waals surface area contributed by atoms with E-state index in [0.717, 1.165) is 4.31 Å². The van der Waals surface area contributed by atoms with Crippen molar-refractivity contribution in [2.24, 2.45) is 0 Å². The van der Waals surface area contributed by atoms with Gasteiger partial charge in [0.2, 0.25) is 5.88 Å². The van der Waals surface area contributed by atoms with Crippen LogP contribution >= 0.6 is 11.6 Å². The van der Waals surface area contributed by atoms with Crippen molar-refractivity contribution in [1.82, 2.24) is 4.98 Å². The summed E-state index contributed by atoms with van der Waals surface area (Å²) in [6.07, 6.45) is -1.77. The van der Waals surface area contributed by atoms with Crippen molar-refractivity contribution >= 4 is 45.4 Å². The summed E-state index contributed by atoms with van der Waals surface area (Å²) in [5.74, 6) is -0.338. The summed E-state index contributed by atoms with van der Waals surface area (Å²) in [5.41, 5.74) is -0.0628. The summed E-state index contributed by atoms with van der Waals surface area (Å²) in [6.45, 7) is 1.21. The molecule has 1 aliphatic heterocycles. The number of ether oxygens (including phenoxy) is 4. The molecule has 43 heavy (non-hydrogen) atoms. The van der Waals surface area contributed by atoms with Crippen molar-refractivity contribution in [3.05, 3.63) is 70.4 Å². The van der Waals surface area contributed by atoms with Crippen molar-refractivity contribution in [2.75, 3.05) is 31.7 Å². The summed E-state index contributed by atoms with van der Waals surface area (Å²) in [5, 5.41) is 0.426. The molecule has 0 amide bonds. The largest absolute Gasteiger partial charge is 0.496 e. The SMILES string of the molecule is CCOc1ncc(C(F)(F)F)cc1S(=O)(=O)N1C[C@H](CCC(=O)OC)Oc2ccc(/C=C/c3c(Cl)cccc3OC)cc21. The molecule has 0 unspecified atom stereocenters.